The van der Waals surface area contributed by atoms with Gasteiger partial charge >= 0.3 is 0 Å². The number of aryl methyl sites for hydroxylation is 1. The summed E-state index contributed by atoms with van der Waals surface area (Å²) in [5.41, 5.74) is 9.98. The summed E-state index contributed by atoms with van der Waals surface area (Å²) in [4.78, 5) is 0. The number of hydrogen-bond acceptors (Lipinski definition) is 2. The lowest BCUT2D eigenvalue weighted by Gasteiger charge is -2.28. The van der Waals surface area contributed by atoms with Crippen molar-refractivity contribution in [2.24, 2.45) is 0 Å². The molecule has 0 fully saturated rings. The van der Waals surface area contributed by atoms with E-state index in [-0.39, 0.29) is 17.6 Å². The van der Waals surface area contributed by atoms with Crippen molar-refractivity contribution in [2.45, 2.75) is 66.0 Å². The summed E-state index contributed by atoms with van der Waals surface area (Å²) < 4.78 is 6.60. The van der Waals surface area contributed by atoms with Crippen molar-refractivity contribution in [3.63, 3.8) is 0 Å². The SMILES string of the molecule is Cc1ccc(C2c3c(C)c(NC(C)c4ccccc4)c(C)c(C)c3OC2(C)C)cc1. The molecule has 4 rings (SSSR count). The van der Waals surface area contributed by atoms with Crippen LogP contribution in [-0.4, -0.2) is 5.60 Å². The molecule has 30 heavy (non-hydrogen) atoms. The smallest absolute Gasteiger partial charge is 0.127 e. The Bertz CT molecular complexity index is 1060. The van der Waals surface area contributed by atoms with Crippen molar-refractivity contribution in [1.82, 2.24) is 0 Å². The van der Waals surface area contributed by atoms with Gasteiger partial charge in [-0.15, -0.1) is 0 Å². The maximum absolute atomic E-state index is 6.60. The molecule has 0 saturated carbocycles. The normalized spacial score (nSPS) is 17.9. The molecule has 2 heteroatoms. The first-order valence-corrected chi connectivity index (χ1v) is 10.9. The van der Waals surface area contributed by atoms with Gasteiger partial charge in [0, 0.05) is 17.3 Å². The van der Waals surface area contributed by atoms with Crippen LogP contribution in [0.1, 0.15) is 71.7 Å². The van der Waals surface area contributed by atoms with Crippen LogP contribution in [0.15, 0.2) is 54.6 Å². The second-order valence-electron chi connectivity index (χ2n) is 9.32. The number of hydrogen-bond donors (Lipinski definition) is 1. The maximum Gasteiger partial charge on any atom is 0.127 e. The van der Waals surface area contributed by atoms with Crippen LogP contribution < -0.4 is 10.1 Å². The molecule has 2 unspecified atom stereocenters. The Balaban J connectivity index is 1.84. The third-order valence-electron chi connectivity index (χ3n) is 6.72. The summed E-state index contributed by atoms with van der Waals surface area (Å²) in [7, 11) is 0. The van der Waals surface area contributed by atoms with E-state index in [1.165, 1.54) is 44.6 Å². The fraction of sp³-hybridized carbons (Fsp3) is 0.357. The van der Waals surface area contributed by atoms with Gasteiger partial charge in [0.2, 0.25) is 0 Å². The van der Waals surface area contributed by atoms with Gasteiger partial charge in [-0.2, -0.15) is 0 Å². The molecule has 0 spiro atoms. The molecule has 156 valence electrons. The van der Waals surface area contributed by atoms with Crippen LogP contribution in [0.4, 0.5) is 5.69 Å². The zero-order chi connectivity index (χ0) is 21.6. The lowest BCUT2D eigenvalue weighted by atomic mass is 9.78. The Hall–Kier alpha value is -2.74. The number of rotatable bonds is 4. The van der Waals surface area contributed by atoms with Crippen molar-refractivity contribution in [3.05, 3.63) is 93.5 Å². The highest BCUT2D eigenvalue weighted by atomic mass is 16.5. The van der Waals surface area contributed by atoms with Crippen LogP contribution in [0.5, 0.6) is 5.75 Å². The number of ether oxygens (including phenoxy) is 1. The zero-order valence-electron chi connectivity index (χ0n) is 19.3. The fourth-order valence-electron chi connectivity index (χ4n) is 4.88. The summed E-state index contributed by atoms with van der Waals surface area (Å²) in [6.07, 6.45) is 0. The van der Waals surface area contributed by atoms with Crippen LogP contribution in [0.25, 0.3) is 0 Å². The molecule has 3 aromatic rings. The molecule has 0 aliphatic carbocycles. The highest BCUT2D eigenvalue weighted by Crippen LogP contribution is 2.53. The average Bonchev–Trinajstić information content (AvgIpc) is 3.02. The first-order chi connectivity index (χ1) is 14.2. The Labute approximate surface area is 181 Å². The van der Waals surface area contributed by atoms with E-state index >= 15 is 0 Å². The maximum atomic E-state index is 6.60. The van der Waals surface area contributed by atoms with Crippen molar-refractivity contribution in [2.75, 3.05) is 5.32 Å². The minimum atomic E-state index is -0.288. The monoisotopic (exact) mass is 399 g/mol. The van der Waals surface area contributed by atoms with E-state index in [0.717, 1.165) is 5.75 Å². The van der Waals surface area contributed by atoms with Gasteiger partial charge in [-0.1, -0.05) is 60.2 Å². The van der Waals surface area contributed by atoms with E-state index in [0.29, 0.717) is 0 Å². The van der Waals surface area contributed by atoms with Gasteiger partial charge in [0.05, 0.1) is 5.92 Å². The minimum absolute atomic E-state index is 0.208. The summed E-state index contributed by atoms with van der Waals surface area (Å²) in [6, 6.07) is 19.8. The van der Waals surface area contributed by atoms with E-state index in [9.17, 15) is 0 Å². The number of anilines is 1. The van der Waals surface area contributed by atoms with E-state index in [1.807, 2.05) is 0 Å². The van der Waals surface area contributed by atoms with E-state index < -0.39 is 0 Å². The second kappa shape index (κ2) is 7.50. The zero-order valence-corrected chi connectivity index (χ0v) is 19.3. The standard InChI is InChI=1S/C28H33NO/c1-17-13-15-23(16-14-17)25-24-20(4)26(29-21(5)22-11-9-8-10-12-22)18(2)19(3)27(24)30-28(25,6)7/h8-16,21,25,29H,1-7H3. The molecule has 0 aromatic heterocycles. The van der Waals surface area contributed by atoms with Crippen molar-refractivity contribution >= 4 is 5.69 Å². The van der Waals surface area contributed by atoms with Crippen LogP contribution in [0.3, 0.4) is 0 Å². The first kappa shape index (κ1) is 20.5. The van der Waals surface area contributed by atoms with Gasteiger partial charge in [0.15, 0.2) is 0 Å². The van der Waals surface area contributed by atoms with Gasteiger partial charge in [-0.3, -0.25) is 0 Å². The molecule has 0 bridgehead atoms. The summed E-state index contributed by atoms with van der Waals surface area (Å²) in [5.74, 6) is 1.28. The molecule has 1 N–H and O–H groups in total. The average molecular weight is 400 g/mol. The van der Waals surface area contributed by atoms with E-state index in [2.05, 4.69) is 108 Å². The Kier molecular flexibility index (Phi) is 5.13. The van der Waals surface area contributed by atoms with Gasteiger partial charge in [0.1, 0.15) is 11.4 Å². The predicted octanol–water partition coefficient (Wildman–Crippen LogP) is 7.40. The van der Waals surface area contributed by atoms with Crippen molar-refractivity contribution in [1.29, 1.82) is 0 Å². The Morgan fingerprint density at radius 2 is 1.47 bits per heavy atom. The molecular formula is C28H33NO. The lowest BCUT2D eigenvalue weighted by Crippen LogP contribution is -2.31. The van der Waals surface area contributed by atoms with Gasteiger partial charge in [-0.25, -0.2) is 0 Å². The van der Waals surface area contributed by atoms with E-state index in [4.69, 9.17) is 4.74 Å². The summed E-state index contributed by atoms with van der Waals surface area (Å²) >= 11 is 0. The predicted molar refractivity (Wildman–Crippen MR) is 127 cm³/mol. The molecule has 1 aliphatic rings. The van der Waals surface area contributed by atoms with Gasteiger partial charge < -0.3 is 10.1 Å². The second-order valence-corrected chi connectivity index (χ2v) is 9.32. The lowest BCUT2D eigenvalue weighted by molar-refractivity contribution is 0.121. The van der Waals surface area contributed by atoms with Gasteiger partial charge in [-0.05, 0) is 76.3 Å². The van der Waals surface area contributed by atoms with Crippen molar-refractivity contribution in [3.8, 4) is 5.75 Å². The molecule has 1 heterocycles. The Morgan fingerprint density at radius 3 is 2.10 bits per heavy atom. The fourth-order valence-corrected chi connectivity index (χ4v) is 4.88. The molecule has 0 saturated heterocycles. The number of benzene rings is 3. The molecule has 2 atom stereocenters. The molecule has 0 radical (unpaired) electrons. The molecular weight excluding hydrogens is 366 g/mol. The van der Waals surface area contributed by atoms with Crippen LogP contribution in [0.2, 0.25) is 0 Å². The highest BCUT2D eigenvalue weighted by Gasteiger charge is 2.44. The highest BCUT2D eigenvalue weighted by molar-refractivity contribution is 5.71. The topological polar surface area (TPSA) is 21.3 Å². The largest absolute Gasteiger partial charge is 0.486 e. The van der Waals surface area contributed by atoms with Crippen LogP contribution in [-0.2, 0) is 0 Å². The summed E-state index contributed by atoms with van der Waals surface area (Å²) in [5, 5.41) is 3.82. The minimum Gasteiger partial charge on any atom is -0.486 e. The third kappa shape index (κ3) is 3.39. The first-order valence-electron chi connectivity index (χ1n) is 10.9. The van der Waals surface area contributed by atoms with Crippen LogP contribution in [0, 0.1) is 27.7 Å². The quantitative estimate of drug-likeness (QED) is 0.493. The Morgan fingerprint density at radius 1 is 0.833 bits per heavy atom. The molecule has 1 aliphatic heterocycles. The van der Waals surface area contributed by atoms with E-state index in [1.54, 1.807) is 0 Å². The van der Waals surface area contributed by atoms with Gasteiger partial charge in [0.25, 0.3) is 0 Å². The molecule has 0 amide bonds. The summed E-state index contributed by atoms with van der Waals surface area (Å²) in [6.45, 7) is 15.4. The number of fused-ring (bicyclic) bond motifs is 1. The van der Waals surface area contributed by atoms with Crippen LogP contribution >= 0.6 is 0 Å². The molecule has 2 nitrogen and oxygen atoms in total. The van der Waals surface area contributed by atoms with Crippen molar-refractivity contribution < 1.29 is 4.74 Å². The number of nitrogens with one attached hydrogen (secondary N) is 1. The molecule has 3 aromatic carbocycles. The third-order valence-corrected chi connectivity index (χ3v) is 6.72.